The number of fused-ring (bicyclic) bond motifs is 1. The fraction of sp³-hybridized carbons (Fsp3) is 0.500. The number of carbonyl (C=O) groups excluding carboxylic acids is 1. The first-order chi connectivity index (χ1) is 10.6. The van der Waals surface area contributed by atoms with Crippen molar-refractivity contribution in [2.24, 2.45) is 5.41 Å². The highest BCUT2D eigenvalue weighted by atomic mass is 16.6. The van der Waals surface area contributed by atoms with E-state index in [4.69, 9.17) is 4.74 Å². The fourth-order valence-electron chi connectivity index (χ4n) is 3.61. The summed E-state index contributed by atoms with van der Waals surface area (Å²) >= 11 is 0. The molecule has 0 aliphatic heterocycles. The number of allylic oxidation sites excluding steroid dienone is 1. The Labute approximate surface area is 131 Å². The Morgan fingerprint density at radius 1 is 1.32 bits per heavy atom. The number of nitrogens with one attached hydrogen (secondary N) is 1. The first-order valence-electron chi connectivity index (χ1n) is 7.98. The Kier molecular flexibility index (Phi) is 4.21. The number of anilines is 1. The molecule has 2 N–H and O–H groups in total. The van der Waals surface area contributed by atoms with Crippen LogP contribution in [-0.4, -0.2) is 23.4 Å². The zero-order chi connectivity index (χ0) is 15.6. The number of aliphatic hydroxyl groups excluding tert-OH is 1. The minimum Gasteiger partial charge on any atom is -0.445 e. The minimum atomic E-state index is -0.398. The molecule has 22 heavy (non-hydrogen) atoms. The van der Waals surface area contributed by atoms with Crippen molar-refractivity contribution in [1.29, 1.82) is 0 Å². The predicted molar refractivity (Wildman–Crippen MR) is 85.6 cm³/mol. The van der Waals surface area contributed by atoms with E-state index in [9.17, 15) is 9.90 Å². The number of carbonyl (C=O) groups is 1. The van der Waals surface area contributed by atoms with E-state index in [0.29, 0.717) is 6.42 Å². The summed E-state index contributed by atoms with van der Waals surface area (Å²) < 4.78 is 5.73. The van der Waals surface area contributed by atoms with Crippen molar-refractivity contribution in [1.82, 2.24) is 0 Å². The van der Waals surface area contributed by atoms with Crippen molar-refractivity contribution in [3.8, 4) is 0 Å². The van der Waals surface area contributed by atoms with E-state index < -0.39 is 6.09 Å². The molecule has 1 fully saturated rings. The molecule has 0 radical (unpaired) electrons. The van der Waals surface area contributed by atoms with Crippen LogP contribution in [0.25, 0.3) is 0 Å². The van der Waals surface area contributed by atoms with Crippen LogP contribution in [0.4, 0.5) is 10.5 Å². The SMILES string of the molecule is C[C@]12CC[C@H](O)CC1=CCC[C@@H]2OC(=O)Nc1ccccc1. The summed E-state index contributed by atoms with van der Waals surface area (Å²) in [6.45, 7) is 2.16. The molecule has 0 heterocycles. The van der Waals surface area contributed by atoms with Crippen LogP contribution in [0.3, 0.4) is 0 Å². The molecule has 4 heteroatoms. The highest BCUT2D eigenvalue weighted by Gasteiger charge is 2.44. The lowest BCUT2D eigenvalue weighted by molar-refractivity contribution is -0.00270. The molecule has 3 rings (SSSR count). The number of amides is 1. The van der Waals surface area contributed by atoms with Crippen LogP contribution < -0.4 is 5.32 Å². The Morgan fingerprint density at radius 3 is 2.86 bits per heavy atom. The topological polar surface area (TPSA) is 58.6 Å². The van der Waals surface area contributed by atoms with Gasteiger partial charge in [0, 0.05) is 11.1 Å². The summed E-state index contributed by atoms with van der Waals surface area (Å²) in [5, 5.41) is 12.6. The maximum absolute atomic E-state index is 12.2. The smallest absolute Gasteiger partial charge is 0.411 e. The number of aliphatic hydroxyl groups is 1. The van der Waals surface area contributed by atoms with E-state index in [1.54, 1.807) is 0 Å². The lowest BCUT2D eigenvalue weighted by Crippen LogP contribution is -2.44. The van der Waals surface area contributed by atoms with Gasteiger partial charge in [0.2, 0.25) is 0 Å². The summed E-state index contributed by atoms with van der Waals surface area (Å²) in [6.07, 6.45) is 5.54. The number of rotatable bonds is 2. The molecule has 3 atom stereocenters. The average molecular weight is 301 g/mol. The summed E-state index contributed by atoms with van der Waals surface area (Å²) in [5.74, 6) is 0. The van der Waals surface area contributed by atoms with Crippen LogP contribution in [0, 0.1) is 5.41 Å². The van der Waals surface area contributed by atoms with Gasteiger partial charge in [0.25, 0.3) is 0 Å². The van der Waals surface area contributed by atoms with Gasteiger partial charge >= 0.3 is 6.09 Å². The molecular weight excluding hydrogens is 278 g/mol. The third-order valence-corrected chi connectivity index (χ3v) is 4.99. The summed E-state index contributed by atoms with van der Waals surface area (Å²) in [5.41, 5.74) is 1.85. The number of hydrogen-bond donors (Lipinski definition) is 2. The Balaban J connectivity index is 1.67. The molecule has 1 amide bonds. The number of hydrogen-bond acceptors (Lipinski definition) is 3. The van der Waals surface area contributed by atoms with Gasteiger partial charge in [0.15, 0.2) is 0 Å². The first kappa shape index (κ1) is 15.1. The number of benzene rings is 1. The maximum atomic E-state index is 12.2. The van der Waals surface area contributed by atoms with Crippen LogP contribution in [0.1, 0.15) is 39.0 Å². The van der Waals surface area contributed by atoms with E-state index in [2.05, 4.69) is 18.3 Å². The van der Waals surface area contributed by atoms with Gasteiger partial charge < -0.3 is 9.84 Å². The van der Waals surface area contributed by atoms with Crippen LogP contribution >= 0.6 is 0 Å². The van der Waals surface area contributed by atoms with E-state index in [1.165, 1.54) is 5.57 Å². The zero-order valence-electron chi connectivity index (χ0n) is 12.9. The second-order valence-corrected chi connectivity index (χ2v) is 6.51. The fourth-order valence-corrected chi connectivity index (χ4v) is 3.61. The lowest BCUT2D eigenvalue weighted by atomic mass is 9.64. The molecule has 0 bridgehead atoms. The average Bonchev–Trinajstić information content (AvgIpc) is 2.50. The van der Waals surface area contributed by atoms with Crippen molar-refractivity contribution in [3.05, 3.63) is 42.0 Å². The normalized spacial score (nSPS) is 30.9. The molecule has 0 saturated heterocycles. The number of ether oxygens (including phenoxy) is 1. The van der Waals surface area contributed by atoms with Gasteiger partial charge in [0.1, 0.15) is 6.10 Å². The molecule has 2 aliphatic carbocycles. The third kappa shape index (κ3) is 3.02. The van der Waals surface area contributed by atoms with Crippen molar-refractivity contribution in [2.45, 2.75) is 51.2 Å². The van der Waals surface area contributed by atoms with Gasteiger partial charge in [-0.25, -0.2) is 4.79 Å². The second kappa shape index (κ2) is 6.13. The van der Waals surface area contributed by atoms with Crippen molar-refractivity contribution < 1.29 is 14.6 Å². The maximum Gasteiger partial charge on any atom is 0.411 e. The monoisotopic (exact) mass is 301 g/mol. The standard InChI is InChI=1S/C18H23NO3/c1-18-11-10-15(20)12-13(18)6-5-9-16(18)22-17(21)19-14-7-3-2-4-8-14/h2-4,6-8,15-16,20H,5,9-12H2,1H3,(H,19,21)/t15-,16-,18-/m0/s1. The lowest BCUT2D eigenvalue weighted by Gasteiger charge is -2.45. The largest absolute Gasteiger partial charge is 0.445 e. The Bertz CT molecular complexity index is 569. The third-order valence-electron chi connectivity index (χ3n) is 4.99. The predicted octanol–water partition coefficient (Wildman–Crippen LogP) is 3.88. The summed E-state index contributed by atoms with van der Waals surface area (Å²) in [7, 11) is 0. The van der Waals surface area contributed by atoms with Crippen LogP contribution in [0.5, 0.6) is 0 Å². The van der Waals surface area contributed by atoms with E-state index >= 15 is 0 Å². The van der Waals surface area contributed by atoms with Crippen molar-refractivity contribution >= 4 is 11.8 Å². The molecule has 1 aromatic carbocycles. The summed E-state index contributed by atoms with van der Waals surface area (Å²) in [6, 6.07) is 9.34. The van der Waals surface area contributed by atoms with Gasteiger partial charge in [0.05, 0.1) is 6.10 Å². The van der Waals surface area contributed by atoms with Gasteiger partial charge in [-0.1, -0.05) is 36.8 Å². The molecular formula is C18H23NO3. The highest BCUT2D eigenvalue weighted by molar-refractivity contribution is 5.84. The number of para-hydroxylation sites is 1. The van der Waals surface area contributed by atoms with Crippen molar-refractivity contribution in [3.63, 3.8) is 0 Å². The van der Waals surface area contributed by atoms with Crippen LogP contribution in [0.2, 0.25) is 0 Å². The molecule has 4 nitrogen and oxygen atoms in total. The van der Waals surface area contributed by atoms with Crippen LogP contribution in [-0.2, 0) is 4.74 Å². The van der Waals surface area contributed by atoms with Gasteiger partial charge in [-0.2, -0.15) is 0 Å². The zero-order valence-corrected chi connectivity index (χ0v) is 12.9. The molecule has 1 saturated carbocycles. The first-order valence-corrected chi connectivity index (χ1v) is 7.98. The molecule has 2 aliphatic rings. The van der Waals surface area contributed by atoms with Gasteiger partial charge in [-0.3, -0.25) is 5.32 Å². The molecule has 0 unspecified atom stereocenters. The van der Waals surface area contributed by atoms with Crippen LogP contribution in [0.15, 0.2) is 42.0 Å². The van der Waals surface area contributed by atoms with Crippen molar-refractivity contribution in [2.75, 3.05) is 5.32 Å². The summed E-state index contributed by atoms with van der Waals surface area (Å²) in [4.78, 5) is 12.2. The highest BCUT2D eigenvalue weighted by Crippen LogP contribution is 2.48. The molecule has 0 spiro atoms. The Hall–Kier alpha value is -1.81. The Morgan fingerprint density at radius 2 is 2.09 bits per heavy atom. The molecule has 1 aromatic rings. The molecule has 0 aromatic heterocycles. The quantitative estimate of drug-likeness (QED) is 0.815. The second-order valence-electron chi connectivity index (χ2n) is 6.51. The van der Waals surface area contributed by atoms with E-state index in [-0.39, 0.29) is 17.6 Å². The van der Waals surface area contributed by atoms with Gasteiger partial charge in [-0.05, 0) is 44.2 Å². The minimum absolute atomic E-state index is 0.122. The van der Waals surface area contributed by atoms with Gasteiger partial charge in [-0.15, -0.1) is 0 Å². The molecule has 118 valence electrons. The van der Waals surface area contributed by atoms with E-state index in [0.717, 1.165) is 31.4 Å². The van der Waals surface area contributed by atoms with E-state index in [1.807, 2.05) is 30.3 Å².